The Kier molecular flexibility index (Phi) is 5.91. The minimum absolute atomic E-state index is 0.0346. The predicted molar refractivity (Wildman–Crippen MR) is 89.7 cm³/mol. The zero-order valence-electron chi connectivity index (χ0n) is 12.8. The number of carbonyl (C=O) groups is 1. The van der Waals surface area contributed by atoms with Crippen molar-refractivity contribution in [3.8, 4) is 0 Å². The Morgan fingerprint density at radius 1 is 1.18 bits per heavy atom. The van der Waals surface area contributed by atoms with Crippen LogP contribution < -0.4 is 16.4 Å². The van der Waals surface area contributed by atoms with Gasteiger partial charge in [0.05, 0.1) is 11.9 Å². The molecule has 0 fully saturated rings. The fraction of sp³-hybridized carbons (Fsp3) is 0.294. The number of pyridine rings is 1. The summed E-state index contributed by atoms with van der Waals surface area (Å²) in [5.74, 6) is 0.744. The Morgan fingerprint density at radius 3 is 2.59 bits per heavy atom. The Morgan fingerprint density at radius 2 is 1.95 bits per heavy atom. The largest absolute Gasteiger partial charge is 0.366 e. The maximum absolute atomic E-state index is 11.6. The van der Waals surface area contributed by atoms with Crippen molar-refractivity contribution in [3.05, 3.63) is 53.7 Å². The van der Waals surface area contributed by atoms with Crippen LogP contribution in [-0.2, 0) is 11.3 Å². The summed E-state index contributed by atoms with van der Waals surface area (Å²) in [5, 5.41) is 6.05. The molecule has 0 atom stereocenters. The molecule has 1 amide bonds. The number of benzene rings is 1. The Labute approximate surface area is 130 Å². The molecule has 116 valence electrons. The lowest BCUT2D eigenvalue weighted by atomic mass is 10.1. The number of aromatic nitrogens is 1. The van der Waals surface area contributed by atoms with E-state index < -0.39 is 0 Å². The van der Waals surface area contributed by atoms with Crippen molar-refractivity contribution < 1.29 is 4.79 Å². The van der Waals surface area contributed by atoms with Crippen LogP contribution in [0.1, 0.15) is 24.0 Å². The van der Waals surface area contributed by atoms with Gasteiger partial charge in [0.15, 0.2) is 0 Å². The molecule has 0 saturated heterocycles. The first-order valence-corrected chi connectivity index (χ1v) is 7.43. The van der Waals surface area contributed by atoms with Crippen molar-refractivity contribution in [1.29, 1.82) is 0 Å². The lowest BCUT2D eigenvalue weighted by Crippen LogP contribution is -2.13. The highest BCUT2D eigenvalue weighted by atomic mass is 16.1. The van der Waals surface area contributed by atoms with E-state index in [1.54, 1.807) is 6.20 Å². The number of nitrogens with one attached hydrogen (secondary N) is 2. The van der Waals surface area contributed by atoms with Gasteiger partial charge in [-0.25, -0.2) is 4.98 Å². The third-order valence-corrected chi connectivity index (χ3v) is 3.25. The van der Waals surface area contributed by atoms with E-state index in [2.05, 4.69) is 46.8 Å². The van der Waals surface area contributed by atoms with Crippen molar-refractivity contribution in [1.82, 2.24) is 4.98 Å². The number of nitrogens with two attached hydrogens (primary N) is 1. The third kappa shape index (κ3) is 5.18. The monoisotopic (exact) mass is 298 g/mol. The zero-order valence-corrected chi connectivity index (χ0v) is 12.8. The van der Waals surface area contributed by atoms with Crippen LogP contribution in [0.4, 0.5) is 11.5 Å². The van der Waals surface area contributed by atoms with Crippen LogP contribution in [0.15, 0.2) is 42.6 Å². The van der Waals surface area contributed by atoms with Crippen LogP contribution >= 0.6 is 0 Å². The van der Waals surface area contributed by atoms with Crippen LogP contribution in [0.5, 0.6) is 0 Å². The topological polar surface area (TPSA) is 80.0 Å². The highest BCUT2D eigenvalue weighted by molar-refractivity contribution is 5.90. The molecule has 2 rings (SSSR count). The zero-order chi connectivity index (χ0) is 15.8. The Balaban J connectivity index is 1.83. The van der Waals surface area contributed by atoms with E-state index in [4.69, 9.17) is 5.73 Å². The van der Waals surface area contributed by atoms with Gasteiger partial charge in [-0.05, 0) is 37.6 Å². The number of hydrogen-bond donors (Lipinski definition) is 3. The third-order valence-electron chi connectivity index (χ3n) is 3.25. The number of rotatable bonds is 7. The van der Waals surface area contributed by atoms with Crippen LogP contribution in [0.3, 0.4) is 0 Å². The molecule has 0 bridgehead atoms. The lowest BCUT2D eigenvalue weighted by Gasteiger charge is -2.08. The molecule has 1 aromatic heterocycles. The summed E-state index contributed by atoms with van der Waals surface area (Å²) in [4.78, 5) is 15.9. The van der Waals surface area contributed by atoms with E-state index in [9.17, 15) is 4.79 Å². The van der Waals surface area contributed by atoms with E-state index in [-0.39, 0.29) is 5.91 Å². The molecule has 5 heteroatoms. The average molecular weight is 298 g/mol. The number of carbonyl (C=O) groups excluding carboxylic acids is 1. The Hall–Kier alpha value is -2.40. The van der Waals surface area contributed by atoms with E-state index in [1.165, 1.54) is 11.1 Å². The molecule has 2 aromatic rings. The quantitative estimate of drug-likeness (QED) is 0.734. The standard InChI is InChI=1S/C17H22N4O/c1-13-4-6-14(7-5-13)11-19-16-9-8-15(12-20-16)21-17(22)3-2-10-18/h4-9,12H,2-3,10-11,18H2,1H3,(H,19,20)(H,21,22). The average Bonchev–Trinajstić information content (AvgIpc) is 2.54. The molecule has 0 radical (unpaired) electrons. The smallest absolute Gasteiger partial charge is 0.224 e. The van der Waals surface area contributed by atoms with Gasteiger partial charge in [0.25, 0.3) is 0 Å². The summed E-state index contributed by atoms with van der Waals surface area (Å²) < 4.78 is 0. The first-order chi connectivity index (χ1) is 10.7. The van der Waals surface area contributed by atoms with Crippen LogP contribution in [-0.4, -0.2) is 17.4 Å². The molecule has 0 spiro atoms. The summed E-state index contributed by atoms with van der Waals surface area (Å²) in [7, 11) is 0. The molecule has 0 unspecified atom stereocenters. The maximum Gasteiger partial charge on any atom is 0.224 e. The first kappa shape index (κ1) is 16.0. The summed E-state index contributed by atoms with van der Waals surface area (Å²) >= 11 is 0. The van der Waals surface area contributed by atoms with Crippen LogP contribution in [0, 0.1) is 6.92 Å². The normalized spacial score (nSPS) is 10.3. The van der Waals surface area contributed by atoms with Gasteiger partial charge in [0.1, 0.15) is 5.82 Å². The number of hydrogen-bond acceptors (Lipinski definition) is 4. The number of aryl methyl sites for hydroxylation is 1. The second-order valence-corrected chi connectivity index (χ2v) is 5.21. The SMILES string of the molecule is Cc1ccc(CNc2ccc(NC(=O)CCCN)cn2)cc1. The van der Waals surface area contributed by atoms with Crippen LogP contribution in [0.2, 0.25) is 0 Å². The van der Waals surface area contributed by atoms with E-state index >= 15 is 0 Å². The van der Waals surface area contributed by atoms with Crippen molar-refractivity contribution in [2.75, 3.05) is 17.2 Å². The molecule has 1 aromatic carbocycles. The molecule has 0 aliphatic rings. The fourth-order valence-electron chi connectivity index (χ4n) is 1.96. The van der Waals surface area contributed by atoms with Gasteiger partial charge in [0, 0.05) is 13.0 Å². The predicted octanol–water partition coefficient (Wildman–Crippen LogP) is 2.68. The van der Waals surface area contributed by atoms with Gasteiger partial charge in [-0.1, -0.05) is 29.8 Å². The second-order valence-electron chi connectivity index (χ2n) is 5.21. The van der Waals surface area contributed by atoms with Crippen molar-refractivity contribution in [3.63, 3.8) is 0 Å². The van der Waals surface area contributed by atoms with Gasteiger partial charge in [0.2, 0.25) is 5.91 Å². The van der Waals surface area contributed by atoms with Crippen LogP contribution in [0.25, 0.3) is 0 Å². The summed E-state index contributed by atoms with van der Waals surface area (Å²) in [5.41, 5.74) is 8.52. The van der Waals surface area contributed by atoms with Gasteiger partial charge < -0.3 is 16.4 Å². The van der Waals surface area contributed by atoms with E-state index in [0.717, 1.165) is 12.4 Å². The lowest BCUT2D eigenvalue weighted by molar-refractivity contribution is -0.116. The van der Waals surface area contributed by atoms with Gasteiger partial charge in [-0.3, -0.25) is 4.79 Å². The van der Waals surface area contributed by atoms with Gasteiger partial charge in [-0.15, -0.1) is 0 Å². The number of anilines is 2. The molecule has 0 saturated carbocycles. The molecule has 5 nitrogen and oxygen atoms in total. The summed E-state index contributed by atoms with van der Waals surface area (Å²) in [6.07, 6.45) is 2.77. The molecule has 1 heterocycles. The highest BCUT2D eigenvalue weighted by Gasteiger charge is 2.02. The van der Waals surface area contributed by atoms with Crippen molar-refractivity contribution in [2.24, 2.45) is 5.73 Å². The van der Waals surface area contributed by atoms with Gasteiger partial charge in [-0.2, -0.15) is 0 Å². The maximum atomic E-state index is 11.6. The molecular formula is C17H22N4O. The first-order valence-electron chi connectivity index (χ1n) is 7.43. The molecule has 4 N–H and O–H groups in total. The molecular weight excluding hydrogens is 276 g/mol. The minimum Gasteiger partial charge on any atom is -0.366 e. The summed E-state index contributed by atoms with van der Waals surface area (Å²) in [6.45, 7) is 3.31. The fourth-order valence-corrected chi connectivity index (χ4v) is 1.96. The number of amides is 1. The highest BCUT2D eigenvalue weighted by Crippen LogP contribution is 2.12. The number of nitrogens with zero attached hydrogens (tertiary/aromatic N) is 1. The Bertz CT molecular complexity index is 593. The van der Waals surface area contributed by atoms with E-state index in [0.29, 0.717) is 25.1 Å². The second kappa shape index (κ2) is 8.14. The van der Waals surface area contributed by atoms with Crippen molar-refractivity contribution >= 4 is 17.4 Å². The van der Waals surface area contributed by atoms with Crippen molar-refractivity contribution in [2.45, 2.75) is 26.3 Å². The molecule has 22 heavy (non-hydrogen) atoms. The summed E-state index contributed by atoms with van der Waals surface area (Å²) in [6, 6.07) is 12.1. The van der Waals surface area contributed by atoms with E-state index in [1.807, 2.05) is 12.1 Å². The van der Waals surface area contributed by atoms with Gasteiger partial charge >= 0.3 is 0 Å². The molecule has 0 aliphatic carbocycles. The molecule has 0 aliphatic heterocycles. The minimum atomic E-state index is -0.0346.